The lowest BCUT2D eigenvalue weighted by Gasteiger charge is -2.34. The van der Waals surface area contributed by atoms with Gasteiger partial charge in [0, 0.05) is 32.7 Å². The predicted molar refractivity (Wildman–Crippen MR) is 69.5 cm³/mol. The number of ether oxygens (including phenoxy) is 1. The van der Waals surface area contributed by atoms with E-state index in [-0.39, 0.29) is 25.7 Å². The van der Waals surface area contributed by atoms with E-state index < -0.39 is 17.5 Å². The van der Waals surface area contributed by atoms with E-state index in [1.165, 1.54) is 0 Å². The minimum atomic E-state index is -4.82. The summed E-state index contributed by atoms with van der Waals surface area (Å²) in [5.74, 6) is -2.10. The van der Waals surface area contributed by atoms with Crippen LogP contribution in [0.25, 0.3) is 0 Å². The van der Waals surface area contributed by atoms with E-state index >= 15 is 0 Å². The molecule has 1 heterocycles. The molecule has 1 aliphatic heterocycles. The number of amides is 1. The zero-order valence-corrected chi connectivity index (χ0v) is 12.5. The van der Waals surface area contributed by atoms with Crippen LogP contribution < -0.4 is 0 Å². The van der Waals surface area contributed by atoms with Crippen molar-refractivity contribution in [3.8, 4) is 0 Å². The first-order chi connectivity index (χ1) is 9.51. The van der Waals surface area contributed by atoms with Gasteiger partial charge in [0.05, 0.1) is 5.41 Å². The molecule has 0 N–H and O–H groups in total. The molecule has 0 bridgehead atoms. The first kappa shape index (κ1) is 17.7. The number of piperazine rings is 1. The molecule has 0 saturated carbocycles. The average molecular weight is 310 g/mol. The maximum atomic E-state index is 12.3. The minimum Gasteiger partial charge on any atom is -0.464 e. The number of halogens is 3. The quantitative estimate of drug-likeness (QED) is 0.737. The monoisotopic (exact) mass is 310 g/mol. The van der Waals surface area contributed by atoms with Gasteiger partial charge in [-0.1, -0.05) is 0 Å². The fourth-order valence-corrected chi connectivity index (χ4v) is 1.84. The molecular weight excluding hydrogens is 289 g/mol. The first-order valence-corrected chi connectivity index (χ1v) is 6.77. The number of hydrogen-bond donors (Lipinski definition) is 0. The van der Waals surface area contributed by atoms with E-state index in [1.807, 2.05) is 4.90 Å². The smallest absolute Gasteiger partial charge is 0.464 e. The van der Waals surface area contributed by atoms with Crippen molar-refractivity contribution >= 4 is 11.9 Å². The third-order valence-corrected chi connectivity index (χ3v) is 3.16. The summed E-state index contributed by atoms with van der Waals surface area (Å²) in [6.45, 7) is 6.64. The van der Waals surface area contributed by atoms with Gasteiger partial charge in [-0.3, -0.25) is 14.5 Å². The van der Waals surface area contributed by atoms with Gasteiger partial charge in [-0.25, -0.2) is 0 Å². The molecule has 0 aromatic heterocycles. The van der Waals surface area contributed by atoms with Crippen molar-refractivity contribution in [2.45, 2.75) is 26.9 Å². The van der Waals surface area contributed by atoms with Gasteiger partial charge in [-0.2, -0.15) is 13.2 Å². The van der Waals surface area contributed by atoms with Crippen LogP contribution in [0.2, 0.25) is 0 Å². The summed E-state index contributed by atoms with van der Waals surface area (Å²) in [5.41, 5.74) is -0.572. The number of carbonyl (C=O) groups is 2. The normalized spacial score (nSPS) is 17.7. The fourth-order valence-electron chi connectivity index (χ4n) is 1.84. The van der Waals surface area contributed by atoms with Crippen LogP contribution in [0.1, 0.15) is 20.8 Å². The van der Waals surface area contributed by atoms with E-state index in [2.05, 4.69) is 0 Å². The summed E-state index contributed by atoms with van der Waals surface area (Å²) in [6, 6.07) is 0. The molecule has 1 rings (SSSR count). The molecule has 0 atom stereocenters. The van der Waals surface area contributed by atoms with E-state index in [1.54, 1.807) is 20.8 Å². The second-order valence-electron chi connectivity index (χ2n) is 6.02. The van der Waals surface area contributed by atoms with Crippen molar-refractivity contribution in [2.75, 3.05) is 39.3 Å². The molecule has 21 heavy (non-hydrogen) atoms. The maximum Gasteiger partial charge on any atom is 0.471 e. The predicted octanol–water partition coefficient (Wildman–Crippen LogP) is 1.28. The molecule has 122 valence electrons. The molecule has 1 fully saturated rings. The van der Waals surface area contributed by atoms with Crippen LogP contribution in [-0.4, -0.2) is 67.2 Å². The van der Waals surface area contributed by atoms with Gasteiger partial charge in [0.2, 0.25) is 0 Å². The highest BCUT2D eigenvalue weighted by Gasteiger charge is 2.43. The van der Waals surface area contributed by atoms with Crippen LogP contribution >= 0.6 is 0 Å². The summed E-state index contributed by atoms with van der Waals surface area (Å²) >= 11 is 0. The summed E-state index contributed by atoms with van der Waals surface area (Å²) in [5, 5.41) is 0. The summed E-state index contributed by atoms with van der Waals surface area (Å²) in [4.78, 5) is 25.3. The molecule has 1 saturated heterocycles. The van der Waals surface area contributed by atoms with Crippen molar-refractivity contribution in [3.63, 3.8) is 0 Å². The Kier molecular flexibility index (Phi) is 5.61. The Morgan fingerprint density at radius 1 is 1.05 bits per heavy atom. The van der Waals surface area contributed by atoms with Gasteiger partial charge < -0.3 is 9.64 Å². The van der Waals surface area contributed by atoms with E-state index in [9.17, 15) is 22.8 Å². The molecule has 1 amide bonds. The molecule has 0 aliphatic carbocycles. The first-order valence-electron chi connectivity index (χ1n) is 6.77. The van der Waals surface area contributed by atoms with Crippen molar-refractivity contribution in [1.82, 2.24) is 9.80 Å². The molecule has 5 nitrogen and oxygen atoms in total. The lowest BCUT2D eigenvalue weighted by Crippen LogP contribution is -2.52. The highest BCUT2D eigenvalue weighted by atomic mass is 19.4. The summed E-state index contributed by atoms with van der Waals surface area (Å²) in [6.07, 6.45) is -4.82. The van der Waals surface area contributed by atoms with Crippen LogP contribution in [0, 0.1) is 5.41 Å². The maximum absolute atomic E-state index is 12.3. The van der Waals surface area contributed by atoms with Crippen LogP contribution in [0.4, 0.5) is 13.2 Å². The number of rotatable bonds is 3. The lowest BCUT2D eigenvalue weighted by molar-refractivity contribution is -0.187. The number of hydrogen-bond acceptors (Lipinski definition) is 4. The molecule has 0 aromatic rings. The van der Waals surface area contributed by atoms with Crippen LogP contribution in [0.5, 0.6) is 0 Å². The van der Waals surface area contributed by atoms with E-state index in [4.69, 9.17) is 4.74 Å². The second-order valence-corrected chi connectivity index (χ2v) is 6.02. The Hall–Kier alpha value is -1.31. The van der Waals surface area contributed by atoms with Gasteiger partial charge in [0.15, 0.2) is 0 Å². The van der Waals surface area contributed by atoms with Gasteiger partial charge in [-0.15, -0.1) is 0 Å². The zero-order valence-electron chi connectivity index (χ0n) is 12.5. The SMILES string of the molecule is CC(C)(C)C(=O)OCCN1CCN(C(=O)C(F)(F)F)CC1. The molecule has 0 aromatic carbocycles. The van der Waals surface area contributed by atoms with Crippen molar-refractivity contribution in [1.29, 1.82) is 0 Å². The Morgan fingerprint density at radius 2 is 1.57 bits per heavy atom. The highest BCUT2D eigenvalue weighted by molar-refractivity contribution is 5.81. The Bertz CT molecular complexity index is 380. The zero-order chi connectivity index (χ0) is 16.3. The lowest BCUT2D eigenvalue weighted by atomic mass is 9.97. The summed E-state index contributed by atoms with van der Waals surface area (Å²) in [7, 11) is 0. The van der Waals surface area contributed by atoms with Crippen LogP contribution in [0.15, 0.2) is 0 Å². The average Bonchev–Trinajstić information content (AvgIpc) is 2.36. The largest absolute Gasteiger partial charge is 0.471 e. The number of alkyl halides is 3. The number of nitrogens with zero attached hydrogens (tertiary/aromatic N) is 2. The van der Waals surface area contributed by atoms with E-state index in [0.29, 0.717) is 19.6 Å². The van der Waals surface area contributed by atoms with Crippen LogP contribution in [0.3, 0.4) is 0 Å². The number of esters is 1. The topological polar surface area (TPSA) is 49.9 Å². The molecule has 8 heteroatoms. The van der Waals surface area contributed by atoms with Gasteiger partial charge in [-0.05, 0) is 20.8 Å². The summed E-state index contributed by atoms with van der Waals surface area (Å²) < 4.78 is 41.9. The van der Waals surface area contributed by atoms with Gasteiger partial charge in [0.1, 0.15) is 6.61 Å². The fraction of sp³-hybridized carbons (Fsp3) is 0.846. The molecule has 1 aliphatic rings. The minimum absolute atomic E-state index is 0.0333. The number of carbonyl (C=O) groups excluding carboxylic acids is 2. The molecule has 0 radical (unpaired) electrons. The van der Waals surface area contributed by atoms with Crippen molar-refractivity contribution in [3.05, 3.63) is 0 Å². The molecule has 0 unspecified atom stereocenters. The van der Waals surface area contributed by atoms with E-state index in [0.717, 1.165) is 4.90 Å². The second kappa shape index (κ2) is 6.64. The van der Waals surface area contributed by atoms with Gasteiger partial charge in [0.25, 0.3) is 0 Å². The van der Waals surface area contributed by atoms with Crippen molar-refractivity contribution < 1.29 is 27.5 Å². The Morgan fingerprint density at radius 3 is 2.00 bits per heavy atom. The van der Waals surface area contributed by atoms with Crippen molar-refractivity contribution in [2.24, 2.45) is 5.41 Å². The third-order valence-electron chi connectivity index (χ3n) is 3.16. The van der Waals surface area contributed by atoms with Gasteiger partial charge >= 0.3 is 18.1 Å². The highest BCUT2D eigenvalue weighted by Crippen LogP contribution is 2.19. The standard InChI is InChI=1S/C13H21F3N2O3/c1-12(2,3)11(20)21-9-8-17-4-6-18(7-5-17)10(19)13(14,15)16/h4-9H2,1-3H3. The Balaban J connectivity index is 2.29. The molecular formula is C13H21F3N2O3. The Labute approximate surface area is 122 Å². The third kappa shape index (κ3) is 5.53. The molecule has 0 spiro atoms. The van der Waals surface area contributed by atoms with Crippen LogP contribution in [-0.2, 0) is 14.3 Å².